The molecule has 5 heteroatoms. The minimum Gasteiger partial charge on any atom is -0.481 e. The van der Waals surface area contributed by atoms with E-state index in [-0.39, 0.29) is 25.0 Å². The monoisotopic (exact) mass is 255 g/mol. The summed E-state index contributed by atoms with van der Waals surface area (Å²) in [6.45, 7) is 4.17. The molecule has 0 aliphatic heterocycles. The summed E-state index contributed by atoms with van der Waals surface area (Å²) in [5, 5.41) is 17.9. The summed E-state index contributed by atoms with van der Waals surface area (Å²) in [5.74, 6) is -1.52. The molecule has 2 unspecified atom stereocenters. The maximum Gasteiger partial charge on any atom is 0.306 e. The molecule has 0 radical (unpaired) electrons. The molecule has 1 rings (SSSR count). The number of aliphatic hydroxyl groups is 1. The topological polar surface area (TPSA) is 77.8 Å². The van der Waals surface area contributed by atoms with Crippen molar-refractivity contribution in [2.75, 3.05) is 19.7 Å². The average Bonchev–Trinajstić information content (AvgIpc) is 2.38. The number of carbonyl (C=O) groups excluding carboxylic acids is 1. The van der Waals surface area contributed by atoms with Crippen molar-refractivity contribution < 1.29 is 19.8 Å². The molecule has 0 heterocycles. The second-order valence-electron chi connectivity index (χ2n) is 4.70. The van der Waals surface area contributed by atoms with Crippen molar-refractivity contribution in [2.24, 2.45) is 11.8 Å². The number of carbonyl (C=O) groups is 2. The number of hydrogen-bond acceptors (Lipinski definition) is 3. The zero-order chi connectivity index (χ0) is 13.5. The third-order valence-corrected chi connectivity index (χ3v) is 3.40. The molecule has 102 valence electrons. The van der Waals surface area contributed by atoms with Crippen molar-refractivity contribution in [2.45, 2.75) is 25.7 Å². The first-order chi connectivity index (χ1) is 8.60. The summed E-state index contributed by atoms with van der Waals surface area (Å²) in [7, 11) is 0. The van der Waals surface area contributed by atoms with Crippen molar-refractivity contribution in [3.63, 3.8) is 0 Å². The molecule has 5 nitrogen and oxygen atoms in total. The predicted molar refractivity (Wildman–Crippen MR) is 66.9 cm³/mol. The lowest BCUT2D eigenvalue weighted by molar-refractivity contribution is -0.145. The fourth-order valence-electron chi connectivity index (χ4n) is 2.46. The van der Waals surface area contributed by atoms with Crippen LogP contribution in [0.1, 0.15) is 25.7 Å². The summed E-state index contributed by atoms with van der Waals surface area (Å²) in [4.78, 5) is 24.7. The highest BCUT2D eigenvalue weighted by molar-refractivity contribution is 5.80. The molecule has 0 saturated heterocycles. The van der Waals surface area contributed by atoms with Gasteiger partial charge in [0.25, 0.3) is 0 Å². The molecule has 1 aliphatic rings. The van der Waals surface area contributed by atoms with Gasteiger partial charge >= 0.3 is 5.97 Å². The zero-order valence-corrected chi connectivity index (χ0v) is 10.5. The lowest BCUT2D eigenvalue weighted by Gasteiger charge is -2.30. The maximum atomic E-state index is 12.2. The molecular formula is C13H21NO4. The molecule has 2 N–H and O–H groups in total. The van der Waals surface area contributed by atoms with Gasteiger partial charge in [0.15, 0.2) is 0 Å². The molecule has 1 aliphatic carbocycles. The Morgan fingerprint density at radius 1 is 1.33 bits per heavy atom. The number of hydrogen-bond donors (Lipinski definition) is 2. The summed E-state index contributed by atoms with van der Waals surface area (Å²) < 4.78 is 0. The molecule has 0 aromatic heterocycles. The van der Waals surface area contributed by atoms with Gasteiger partial charge in [-0.25, -0.2) is 0 Å². The minimum absolute atomic E-state index is 0.0603. The SMILES string of the molecule is C=CCN(CCO)C(=O)C1CCCC(C(=O)O)C1. The standard InChI is InChI=1S/C13H21NO4/c1-2-6-14(7-8-15)12(16)10-4-3-5-11(9-10)13(17)18/h2,10-11,15H,1,3-9H2,(H,17,18). The minimum atomic E-state index is -0.815. The van der Waals surface area contributed by atoms with E-state index in [1.807, 2.05) is 0 Å². The van der Waals surface area contributed by atoms with Crippen molar-refractivity contribution >= 4 is 11.9 Å². The van der Waals surface area contributed by atoms with Gasteiger partial charge in [-0.15, -0.1) is 6.58 Å². The van der Waals surface area contributed by atoms with Gasteiger partial charge in [0.1, 0.15) is 0 Å². The highest BCUT2D eigenvalue weighted by Gasteiger charge is 2.32. The number of nitrogens with zero attached hydrogens (tertiary/aromatic N) is 1. The normalized spacial score (nSPS) is 23.4. The van der Waals surface area contributed by atoms with Gasteiger partial charge in [0.2, 0.25) is 5.91 Å². The van der Waals surface area contributed by atoms with Crippen molar-refractivity contribution in [1.29, 1.82) is 0 Å². The summed E-state index contributed by atoms with van der Waals surface area (Å²) in [6, 6.07) is 0. The van der Waals surface area contributed by atoms with Crippen LogP contribution in [0.3, 0.4) is 0 Å². The largest absolute Gasteiger partial charge is 0.481 e. The molecule has 0 bridgehead atoms. The second-order valence-corrected chi connectivity index (χ2v) is 4.70. The molecule has 0 aromatic rings. The van der Waals surface area contributed by atoms with Crippen LogP contribution in [0.25, 0.3) is 0 Å². The number of rotatable bonds is 6. The van der Waals surface area contributed by atoms with Gasteiger partial charge in [-0.3, -0.25) is 9.59 Å². The van der Waals surface area contributed by atoms with Crippen LogP contribution in [0.15, 0.2) is 12.7 Å². The lowest BCUT2D eigenvalue weighted by Crippen LogP contribution is -2.40. The van der Waals surface area contributed by atoms with E-state index < -0.39 is 11.9 Å². The van der Waals surface area contributed by atoms with E-state index in [4.69, 9.17) is 10.2 Å². The third kappa shape index (κ3) is 3.84. The number of carboxylic acids is 1. The van der Waals surface area contributed by atoms with Gasteiger partial charge in [0.05, 0.1) is 12.5 Å². The van der Waals surface area contributed by atoms with Gasteiger partial charge in [-0.2, -0.15) is 0 Å². The van der Waals surface area contributed by atoms with E-state index >= 15 is 0 Å². The van der Waals surface area contributed by atoms with Crippen LogP contribution in [0.4, 0.5) is 0 Å². The molecule has 18 heavy (non-hydrogen) atoms. The van der Waals surface area contributed by atoms with Crippen LogP contribution in [-0.4, -0.2) is 46.7 Å². The predicted octanol–water partition coefficient (Wildman–Crippen LogP) is 0.884. The Morgan fingerprint density at radius 3 is 2.56 bits per heavy atom. The van der Waals surface area contributed by atoms with Crippen LogP contribution < -0.4 is 0 Å². The molecule has 1 saturated carbocycles. The molecule has 1 amide bonds. The first kappa shape index (κ1) is 14.7. The first-order valence-corrected chi connectivity index (χ1v) is 6.33. The highest BCUT2D eigenvalue weighted by atomic mass is 16.4. The fraction of sp³-hybridized carbons (Fsp3) is 0.692. The Kier molecular flexibility index (Phi) is 5.85. The quantitative estimate of drug-likeness (QED) is 0.691. The summed E-state index contributed by atoms with van der Waals surface area (Å²) in [6.07, 6.45) is 4.19. The number of carboxylic acid groups (broad SMARTS) is 1. The Labute approximate surface area is 107 Å². The Morgan fingerprint density at radius 2 is 2.00 bits per heavy atom. The van der Waals surface area contributed by atoms with Crippen LogP contribution in [0.5, 0.6) is 0 Å². The fourth-order valence-corrected chi connectivity index (χ4v) is 2.46. The summed E-state index contributed by atoms with van der Waals surface area (Å²) in [5.41, 5.74) is 0. The summed E-state index contributed by atoms with van der Waals surface area (Å²) >= 11 is 0. The number of aliphatic hydroxyl groups excluding tert-OH is 1. The lowest BCUT2D eigenvalue weighted by atomic mass is 9.80. The van der Waals surface area contributed by atoms with Crippen LogP contribution >= 0.6 is 0 Å². The van der Waals surface area contributed by atoms with Crippen molar-refractivity contribution in [1.82, 2.24) is 4.90 Å². The van der Waals surface area contributed by atoms with E-state index in [9.17, 15) is 9.59 Å². The first-order valence-electron chi connectivity index (χ1n) is 6.33. The number of aliphatic carboxylic acids is 1. The Balaban J connectivity index is 2.63. The van der Waals surface area contributed by atoms with E-state index in [1.165, 1.54) is 0 Å². The molecule has 0 aromatic carbocycles. The Bertz CT molecular complexity index is 316. The van der Waals surface area contributed by atoms with Crippen molar-refractivity contribution in [3.05, 3.63) is 12.7 Å². The van der Waals surface area contributed by atoms with Gasteiger partial charge in [-0.05, 0) is 19.3 Å². The van der Waals surface area contributed by atoms with Crippen LogP contribution in [0, 0.1) is 11.8 Å². The zero-order valence-electron chi connectivity index (χ0n) is 10.5. The van der Waals surface area contributed by atoms with E-state index in [2.05, 4.69) is 6.58 Å². The second kappa shape index (κ2) is 7.16. The van der Waals surface area contributed by atoms with Gasteiger partial charge in [0, 0.05) is 19.0 Å². The molecule has 1 fully saturated rings. The van der Waals surface area contributed by atoms with E-state index in [1.54, 1.807) is 11.0 Å². The third-order valence-electron chi connectivity index (χ3n) is 3.40. The van der Waals surface area contributed by atoms with Crippen LogP contribution in [-0.2, 0) is 9.59 Å². The Hall–Kier alpha value is -1.36. The van der Waals surface area contributed by atoms with Crippen LogP contribution in [0.2, 0.25) is 0 Å². The van der Waals surface area contributed by atoms with E-state index in [0.717, 1.165) is 12.8 Å². The highest BCUT2D eigenvalue weighted by Crippen LogP contribution is 2.30. The molecule has 0 spiro atoms. The average molecular weight is 255 g/mol. The van der Waals surface area contributed by atoms with E-state index in [0.29, 0.717) is 19.4 Å². The molecule has 2 atom stereocenters. The van der Waals surface area contributed by atoms with Gasteiger partial charge in [-0.1, -0.05) is 12.5 Å². The molecular weight excluding hydrogens is 234 g/mol. The van der Waals surface area contributed by atoms with Gasteiger partial charge < -0.3 is 15.1 Å². The number of amides is 1. The van der Waals surface area contributed by atoms with Crippen molar-refractivity contribution in [3.8, 4) is 0 Å². The maximum absolute atomic E-state index is 12.2. The smallest absolute Gasteiger partial charge is 0.306 e.